The normalized spacial score (nSPS) is 19.7. The molecule has 10 nitrogen and oxygen atoms in total. The lowest BCUT2D eigenvalue weighted by Crippen LogP contribution is -2.50. The predicted molar refractivity (Wildman–Crippen MR) is 145 cm³/mol. The molecular formula is C27H33N7O3S. The summed E-state index contributed by atoms with van der Waals surface area (Å²) in [6.07, 6.45) is 2.36. The molecule has 3 aromatic rings. The van der Waals surface area contributed by atoms with Crippen LogP contribution in [-0.4, -0.2) is 57.9 Å². The minimum atomic E-state index is -0.581. The van der Waals surface area contributed by atoms with Gasteiger partial charge in [-0.1, -0.05) is 5.16 Å². The van der Waals surface area contributed by atoms with Crippen molar-refractivity contribution in [3.63, 3.8) is 0 Å². The Bertz CT molecular complexity index is 1410. The number of rotatable bonds is 3. The summed E-state index contributed by atoms with van der Waals surface area (Å²) in [5.41, 5.74) is 8.96. The molecule has 5 rings (SSSR count). The van der Waals surface area contributed by atoms with Crippen molar-refractivity contribution in [3.05, 3.63) is 39.7 Å². The lowest BCUT2D eigenvalue weighted by molar-refractivity contribution is 0.0240. The van der Waals surface area contributed by atoms with E-state index >= 15 is 0 Å². The smallest absolute Gasteiger partial charge is 0.410 e. The molecule has 38 heavy (non-hydrogen) atoms. The van der Waals surface area contributed by atoms with E-state index in [1.165, 1.54) is 11.3 Å². The Morgan fingerprint density at radius 2 is 1.97 bits per heavy atom. The van der Waals surface area contributed by atoms with Gasteiger partial charge >= 0.3 is 6.09 Å². The van der Waals surface area contributed by atoms with Gasteiger partial charge in [0.05, 0.1) is 11.0 Å². The zero-order chi connectivity index (χ0) is 27.2. The van der Waals surface area contributed by atoms with Crippen LogP contribution in [0.4, 0.5) is 15.5 Å². The molecule has 1 atom stereocenters. The van der Waals surface area contributed by atoms with Crippen LogP contribution in [-0.2, 0) is 16.6 Å². The minimum absolute atomic E-state index is 0.283. The summed E-state index contributed by atoms with van der Waals surface area (Å²) in [6, 6.07) is 6.27. The largest absolute Gasteiger partial charge is 0.444 e. The molecule has 4 heterocycles. The SMILES string of the molecule is Cc1cc(N2CCN(C(=O)OC(C)(C)C)CC2)cc(-c2noc(C3(C)CCCc4sc(N)c(C#N)c43)n2)n1. The molecule has 11 heteroatoms. The van der Waals surface area contributed by atoms with Gasteiger partial charge in [-0.15, -0.1) is 11.3 Å². The number of pyridine rings is 1. The molecule has 2 N–H and O–H groups in total. The molecule has 0 saturated carbocycles. The van der Waals surface area contributed by atoms with E-state index in [1.807, 2.05) is 39.8 Å². The number of piperazine rings is 1. The number of amides is 1. The summed E-state index contributed by atoms with van der Waals surface area (Å²) < 4.78 is 11.3. The lowest BCUT2D eigenvalue weighted by Gasteiger charge is -2.36. The minimum Gasteiger partial charge on any atom is -0.444 e. The molecular weight excluding hydrogens is 502 g/mol. The van der Waals surface area contributed by atoms with Crippen molar-refractivity contribution < 1.29 is 14.1 Å². The first-order chi connectivity index (χ1) is 18.0. The quantitative estimate of drug-likeness (QED) is 0.508. The number of nitrogen functional groups attached to an aromatic ring is 1. The van der Waals surface area contributed by atoms with Crippen LogP contribution in [0.1, 0.15) is 68.1 Å². The second kappa shape index (κ2) is 9.58. The summed E-state index contributed by atoms with van der Waals surface area (Å²) in [6.45, 7) is 12.1. The van der Waals surface area contributed by atoms with Crippen LogP contribution in [0.25, 0.3) is 11.5 Å². The number of nitrogens with two attached hydrogens (primary N) is 1. The molecule has 0 aromatic carbocycles. The maximum Gasteiger partial charge on any atom is 0.410 e. The van der Waals surface area contributed by atoms with Crippen LogP contribution in [0.2, 0.25) is 0 Å². The average molecular weight is 536 g/mol. The van der Waals surface area contributed by atoms with E-state index in [0.29, 0.717) is 54.2 Å². The number of ether oxygens (including phenoxy) is 1. The van der Waals surface area contributed by atoms with E-state index in [1.54, 1.807) is 4.90 Å². The van der Waals surface area contributed by atoms with Gasteiger partial charge < -0.3 is 24.8 Å². The molecule has 2 aliphatic rings. The van der Waals surface area contributed by atoms with Crippen molar-refractivity contribution in [2.45, 2.75) is 64.9 Å². The lowest BCUT2D eigenvalue weighted by atomic mass is 9.72. The third-order valence-electron chi connectivity index (χ3n) is 7.11. The van der Waals surface area contributed by atoms with Gasteiger partial charge in [-0.25, -0.2) is 9.78 Å². The number of aromatic nitrogens is 3. The van der Waals surface area contributed by atoms with Crippen molar-refractivity contribution in [2.24, 2.45) is 0 Å². The van der Waals surface area contributed by atoms with E-state index in [2.05, 4.69) is 28.0 Å². The number of nitrogens with zero attached hydrogens (tertiary/aromatic N) is 6. The second-order valence-corrected chi connectivity index (χ2v) is 12.3. The van der Waals surface area contributed by atoms with Gasteiger partial charge in [-0.3, -0.25) is 0 Å². The number of aryl methyl sites for hydroxylation is 2. The summed E-state index contributed by atoms with van der Waals surface area (Å²) in [5.74, 6) is 0.881. The van der Waals surface area contributed by atoms with Gasteiger partial charge in [0.2, 0.25) is 11.7 Å². The summed E-state index contributed by atoms with van der Waals surface area (Å²) in [7, 11) is 0. The Morgan fingerprint density at radius 3 is 2.66 bits per heavy atom. The van der Waals surface area contributed by atoms with E-state index in [-0.39, 0.29) is 6.09 Å². The van der Waals surface area contributed by atoms with Crippen molar-refractivity contribution in [1.82, 2.24) is 20.0 Å². The number of carbonyl (C=O) groups excluding carboxylic acids is 1. The standard InChI is InChI=1S/C27H33N7O3S/c1-16-13-17(33-9-11-34(12-10-33)25(35)36-26(2,3)4)14-19(30-16)23-31-24(37-32-23)27(5)8-6-7-20-21(27)18(15-28)22(29)38-20/h13-14H,6-12,29H2,1-5H3. The molecule has 3 aromatic heterocycles. The van der Waals surface area contributed by atoms with E-state index in [0.717, 1.165) is 41.1 Å². The van der Waals surface area contributed by atoms with E-state index in [4.69, 9.17) is 20.0 Å². The highest BCUT2D eigenvalue weighted by Gasteiger charge is 2.43. The molecule has 1 amide bonds. The topological polar surface area (TPSA) is 134 Å². The van der Waals surface area contributed by atoms with Crippen LogP contribution in [0.15, 0.2) is 16.7 Å². The van der Waals surface area contributed by atoms with Gasteiger partial charge in [0.15, 0.2) is 0 Å². The van der Waals surface area contributed by atoms with Crippen LogP contribution in [0, 0.1) is 18.3 Å². The third-order valence-corrected chi connectivity index (χ3v) is 8.19. The van der Waals surface area contributed by atoms with Gasteiger partial charge in [-0.2, -0.15) is 10.2 Å². The van der Waals surface area contributed by atoms with Crippen molar-refractivity contribution in [2.75, 3.05) is 36.8 Å². The third kappa shape index (κ3) is 4.80. The fourth-order valence-corrected chi connectivity index (χ4v) is 6.47. The Labute approximate surface area is 226 Å². The highest BCUT2D eigenvalue weighted by Crippen LogP contribution is 2.48. The molecule has 1 saturated heterocycles. The number of hydrogen-bond acceptors (Lipinski definition) is 10. The Kier molecular flexibility index (Phi) is 6.55. The Balaban J connectivity index is 1.38. The van der Waals surface area contributed by atoms with Crippen molar-refractivity contribution >= 4 is 28.1 Å². The van der Waals surface area contributed by atoms with Gasteiger partial charge in [0.1, 0.15) is 22.4 Å². The maximum absolute atomic E-state index is 12.5. The van der Waals surface area contributed by atoms with Gasteiger partial charge in [0, 0.05) is 48.0 Å². The highest BCUT2D eigenvalue weighted by molar-refractivity contribution is 7.16. The van der Waals surface area contributed by atoms with Crippen LogP contribution in [0.3, 0.4) is 0 Å². The zero-order valence-corrected chi connectivity index (χ0v) is 23.3. The fraction of sp³-hybridized carbons (Fsp3) is 0.519. The number of thiophene rings is 1. The highest BCUT2D eigenvalue weighted by atomic mass is 32.1. The molecule has 0 radical (unpaired) electrons. The number of fused-ring (bicyclic) bond motifs is 1. The van der Waals surface area contributed by atoms with Crippen molar-refractivity contribution in [3.8, 4) is 17.6 Å². The van der Waals surface area contributed by atoms with Gasteiger partial charge in [-0.05, 0) is 66.0 Å². The molecule has 1 aliphatic heterocycles. The molecule has 1 unspecified atom stereocenters. The summed E-state index contributed by atoms with van der Waals surface area (Å²) in [5, 5.41) is 14.6. The first-order valence-corrected chi connectivity index (χ1v) is 13.7. The molecule has 200 valence electrons. The van der Waals surface area contributed by atoms with Crippen molar-refractivity contribution in [1.29, 1.82) is 5.26 Å². The van der Waals surface area contributed by atoms with Crippen LogP contribution in [0.5, 0.6) is 0 Å². The number of hydrogen-bond donors (Lipinski definition) is 1. The Morgan fingerprint density at radius 1 is 1.24 bits per heavy atom. The summed E-state index contributed by atoms with van der Waals surface area (Å²) in [4.78, 5) is 27.0. The fourth-order valence-electron chi connectivity index (χ4n) is 5.28. The zero-order valence-electron chi connectivity index (χ0n) is 22.5. The molecule has 0 spiro atoms. The monoisotopic (exact) mass is 535 g/mol. The Hall–Kier alpha value is -3.65. The molecule has 1 aliphatic carbocycles. The maximum atomic E-state index is 12.5. The predicted octanol–water partition coefficient (Wildman–Crippen LogP) is 4.65. The van der Waals surface area contributed by atoms with Crippen LogP contribution < -0.4 is 10.6 Å². The van der Waals surface area contributed by atoms with E-state index < -0.39 is 11.0 Å². The summed E-state index contributed by atoms with van der Waals surface area (Å²) >= 11 is 1.48. The first kappa shape index (κ1) is 26.0. The average Bonchev–Trinajstić information content (AvgIpc) is 3.48. The number of nitriles is 1. The number of carbonyl (C=O) groups is 1. The first-order valence-electron chi connectivity index (χ1n) is 12.9. The van der Waals surface area contributed by atoms with Crippen LogP contribution >= 0.6 is 11.3 Å². The molecule has 0 bridgehead atoms. The molecule has 1 fully saturated rings. The second-order valence-electron chi connectivity index (χ2n) is 11.2. The number of anilines is 2. The van der Waals surface area contributed by atoms with Gasteiger partial charge in [0.25, 0.3) is 0 Å². The van der Waals surface area contributed by atoms with E-state index in [9.17, 15) is 10.1 Å².